The van der Waals surface area contributed by atoms with Crippen molar-refractivity contribution in [3.05, 3.63) is 40.4 Å². The Bertz CT molecular complexity index is 652. The van der Waals surface area contributed by atoms with Crippen LogP contribution in [0.4, 0.5) is 0 Å². The first kappa shape index (κ1) is 14.5. The van der Waals surface area contributed by atoms with E-state index >= 15 is 0 Å². The number of hydrogen-bond donors (Lipinski definition) is 1. The molecule has 1 aromatic heterocycles. The summed E-state index contributed by atoms with van der Waals surface area (Å²) in [7, 11) is 3.92. The number of nitrogens with zero attached hydrogens (tertiary/aromatic N) is 4. The van der Waals surface area contributed by atoms with Gasteiger partial charge in [-0.25, -0.2) is 14.5 Å². The Morgan fingerprint density at radius 2 is 2.10 bits per heavy atom. The molecular formula is C13H15ClN4O2. The molecule has 0 radical (unpaired) electrons. The zero-order valence-electron chi connectivity index (χ0n) is 11.5. The van der Waals surface area contributed by atoms with Gasteiger partial charge in [0.05, 0.1) is 5.69 Å². The minimum absolute atomic E-state index is 0.225. The molecule has 0 unspecified atom stereocenters. The number of aromatic nitrogens is 3. The second-order valence-corrected chi connectivity index (χ2v) is 5.19. The third-order valence-electron chi connectivity index (χ3n) is 2.65. The number of carbonyl (C=O) groups is 1. The predicted octanol–water partition coefficient (Wildman–Crippen LogP) is 1.99. The van der Waals surface area contributed by atoms with Crippen molar-refractivity contribution >= 4 is 17.6 Å². The van der Waals surface area contributed by atoms with Crippen LogP contribution >= 0.6 is 11.6 Å². The Kier molecular flexibility index (Phi) is 4.06. The highest BCUT2D eigenvalue weighted by atomic mass is 35.5. The molecule has 0 bridgehead atoms. The summed E-state index contributed by atoms with van der Waals surface area (Å²) in [4.78, 5) is 16.8. The average molecular weight is 295 g/mol. The summed E-state index contributed by atoms with van der Waals surface area (Å²) < 4.78 is 1.48. The maximum absolute atomic E-state index is 10.9. The van der Waals surface area contributed by atoms with Crippen molar-refractivity contribution in [1.82, 2.24) is 19.7 Å². The van der Waals surface area contributed by atoms with Crippen molar-refractivity contribution in [2.75, 3.05) is 14.1 Å². The fraction of sp³-hybridized carbons (Fsp3) is 0.308. The Morgan fingerprint density at radius 3 is 2.65 bits per heavy atom. The molecule has 6 nitrogen and oxygen atoms in total. The van der Waals surface area contributed by atoms with Crippen molar-refractivity contribution in [3.63, 3.8) is 0 Å². The van der Waals surface area contributed by atoms with Crippen LogP contribution in [-0.4, -0.2) is 44.8 Å². The van der Waals surface area contributed by atoms with E-state index in [-0.39, 0.29) is 5.82 Å². The Morgan fingerprint density at radius 1 is 1.40 bits per heavy atom. The molecule has 1 heterocycles. The fourth-order valence-corrected chi connectivity index (χ4v) is 2.19. The summed E-state index contributed by atoms with van der Waals surface area (Å²) in [5.41, 5.74) is 1.72. The van der Waals surface area contributed by atoms with E-state index in [1.54, 1.807) is 13.0 Å². The van der Waals surface area contributed by atoms with Gasteiger partial charge < -0.3 is 10.0 Å². The molecule has 106 valence electrons. The molecular weight excluding hydrogens is 280 g/mol. The smallest absolute Gasteiger partial charge is 0.375 e. The molecule has 20 heavy (non-hydrogen) atoms. The Labute approximate surface area is 121 Å². The molecule has 1 N–H and O–H groups in total. The van der Waals surface area contributed by atoms with E-state index in [1.807, 2.05) is 31.1 Å². The van der Waals surface area contributed by atoms with E-state index < -0.39 is 5.97 Å². The van der Waals surface area contributed by atoms with Gasteiger partial charge in [-0.15, -0.1) is 5.10 Å². The fourth-order valence-electron chi connectivity index (χ4n) is 1.94. The van der Waals surface area contributed by atoms with Crippen LogP contribution in [0.3, 0.4) is 0 Å². The normalized spacial score (nSPS) is 11.1. The number of benzene rings is 1. The highest BCUT2D eigenvalue weighted by molar-refractivity contribution is 6.30. The molecule has 7 heteroatoms. The number of carboxylic acids is 1. The highest BCUT2D eigenvalue weighted by Crippen LogP contribution is 2.20. The van der Waals surface area contributed by atoms with Gasteiger partial charge in [0.25, 0.3) is 5.82 Å². The lowest BCUT2D eigenvalue weighted by Crippen LogP contribution is -2.11. The first-order valence-electron chi connectivity index (χ1n) is 5.98. The Hall–Kier alpha value is -1.92. The SMILES string of the molecule is Cc1nc(C(=O)O)nn1-c1cc(Cl)cc(CN(C)C)c1. The number of carboxylic acid groups (broad SMARTS) is 1. The maximum Gasteiger partial charge on any atom is 0.375 e. The Balaban J connectivity index is 2.46. The number of rotatable bonds is 4. The minimum atomic E-state index is -1.15. The maximum atomic E-state index is 10.9. The van der Waals surface area contributed by atoms with Gasteiger partial charge in [-0.3, -0.25) is 0 Å². The number of aryl methyl sites for hydroxylation is 1. The standard InChI is InChI=1S/C13H15ClN4O2/c1-8-15-12(13(19)20)16-18(8)11-5-9(7-17(2)3)4-10(14)6-11/h4-6H,7H2,1-3H3,(H,19,20). The molecule has 0 amide bonds. The molecule has 0 aliphatic heterocycles. The zero-order valence-corrected chi connectivity index (χ0v) is 12.2. The van der Waals surface area contributed by atoms with Crippen LogP contribution in [0.1, 0.15) is 22.0 Å². The molecule has 0 aliphatic carbocycles. The van der Waals surface area contributed by atoms with Gasteiger partial charge in [0, 0.05) is 11.6 Å². The van der Waals surface area contributed by atoms with Gasteiger partial charge in [-0.05, 0) is 44.8 Å². The third kappa shape index (κ3) is 3.15. The van der Waals surface area contributed by atoms with Gasteiger partial charge in [0.15, 0.2) is 0 Å². The van der Waals surface area contributed by atoms with Crippen LogP contribution < -0.4 is 0 Å². The van der Waals surface area contributed by atoms with E-state index in [2.05, 4.69) is 10.1 Å². The molecule has 0 aliphatic rings. The van der Waals surface area contributed by atoms with Crippen molar-refractivity contribution in [2.45, 2.75) is 13.5 Å². The first-order chi connectivity index (χ1) is 9.36. The van der Waals surface area contributed by atoms with Crippen LogP contribution in [0.25, 0.3) is 5.69 Å². The quantitative estimate of drug-likeness (QED) is 0.934. The minimum Gasteiger partial charge on any atom is -0.475 e. The number of hydrogen-bond acceptors (Lipinski definition) is 4. The zero-order chi connectivity index (χ0) is 14.9. The van der Waals surface area contributed by atoms with E-state index in [4.69, 9.17) is 16.7 Å². The van der Waals surface area contributed by atoms with Crippen LogP contribution in [0.2, 0.25) is 5.02 Å². The lowest BCUT2D eigenvalue weighted by Gasteiger charge is -2.12. The van der Waals surface area contributed by atoms with E-state index in [0.717, 1.165) is 12.1 Å². The summed E-state index contributed by atoms with van der Waals surface area (Å²) in [5, 5.41) is 13.5. The molecule has 2 aromatic rings. The van der Waals surface area contributed by atoms with Crippen LogP contribution in [-0.2, 0) is 6.54 Å². The first-order valence-corrected chi connectivity index (χ1v) is 6.36. The topological polar surface area (TPSA) is 71.2 Å². The van der Waals surface area contributed by atoms with Gasteiger partial charge >= 0.3 is 5.97 Å². The van der Waals surface area contributed by atoms with E-state index in [9.17, 15) is 4.79 Å². The summed E-state index contributed by atoms with van der Waals surface area (Å²) in [6.07, 6.45) is 0. The summed E-state index contributed by atoms with van der Waals surface area (Å²) in [5.74, 6) is -0.875. The summed E-state index contributed by atoms with van der Waals surface area (Å²) in [6, 6.07) is 5.52. The van der Waals surface area contributed by atoms with Crippen LogP contribution in [0, 0.1) is 6.92 Å². The highest BCUT2D eigenvalue weighted by Gasteiger charge is 2.14. The van der Waals surface area contributed by atoms with E-state index in [1.165, 1.54) is 4.68 Å². The van der Waals surface area contributed by atoms with Crippen molar-refractivity contribution in [3.8, 4) is 5.69 Å². The van der Waals surface area contributed by atoms with Crippen molar-refractivity contribution in [1.29, 1.82) is 0 Å². The molecule has 0 saturated heterocycles. The summed E-state index contributed by atoms with van der Waals surface area (Å²) >= 11 is 6.11. The van der Waals surface area contributed by atoms with Crippen LogP contribution in [0.5, 0.6) is 0 Å². The van der Waals surface area contributed by atoms with Gasteiger partial charge in [-0.2, -0.15) is 0 Å². The van der Waals surface area contributed by atoms with Gasteiger partial charge in [-0.1, -0.05) is 11.6 Å². The molecule has 0 saturated carbocycles. The molecule has 0 atom stereocenters. The molecule has 2 rings (SSSR count). The van der Waals surface area contributed by atoms with E-state index in [0.29, 0.717) is 16.5 Å². The number of halogens is 1. The van der Waals surface area contributed by atoms with Crippen LogP contribution in [0.15, 0.2) is 18.2 Å². The molecule has 1 aromatic carbocycles. The lowest BCUT2D eigenvalue weighted by atomic mass is 10.2. The second kappa shape index (κ2) is 5.60. The molecule has 0 spiro atoms. The lowest BCUT2D eigenvalue weighted by molar-refractivity contribution is 0.0683. The average Bonchev–Trinajstić information content (AvgIpc) is 2.69. The van der Waals surface area contributed by atoms with Crippen molar-refractivity contribution in [2.24, 2.45) is 0 Å². The molecule has 0 fully saturated rings. The second-order valence-electron chi connectivity index (χ2n) is 4.76. The monoisotopic (exact) mass is 294 g/mol. The van der Waals surface area contributed by atoms with Crippen molar-refractivity contribution < 1.29 is 9.90 Å². The predicted molar refractivity (Wildman–Crippen MR) is 75.5 cm³/mol. The largest absolute Gasteiger partial charge is 0.475 e. The van der Waals surface area contributed by atoms with Gasteiger partial charge in [0.1, 0.15) is 5.82 Å². The summed E-state index contributed by atoms with van der Waals surface area (Å²) in [6.45, 7) is 2.43. The number of aromatic carboxylic acids is 1. The third-order valence-corrected chi connectivity index (χ3v) is 2.86. The van der Waals surface area contributed by atoms with Gasteiger partial charge in [0.2, 0.25) is 0 Å².